The molecule has 1 heterocycles. The Bertz CT molecular complexity index is 740. The first-order chi connectivity index (χ1) is 11.6. The first-order valence-electron chi connectivity index (χ1n) is 8.68. The van der Waals surface area contributed by atoms with Gasteiger partial charge in [-0.2, -0.15) is 0 Å². The van der Waals surface area contributed by atoms with Crippen LogP contribution in [0.15, 0.2) is 41.5 Å². The van der Waals surface area contributed by atoms with Crippen LogP contribution in [0.5, 0.6) is 0 Å². The summed E-state index contributed by atoms with van der Waals surface area (Å²) in [5.41, 5.74) is 0.586. The number of imidazole rings is 1. The maximum Gasteiger partial charge on any atom is 0.332 e. The monoisotopic (exact) mass is 329 g/mol. The van der Waals surface area contributed by atoms with Crippen molar-refractivity contribution >= 4 is 5.69 Å². The molecule has 1 fully saturated rings. The molecular weight excluding hydrogens is 306 g/mol. The van der Waals surface area contributed by atoms with Crippen LogP contribution in [-0.4, -0.2) is 14.1 Å². The fourth-order valence-electron chi connectivity index (χ4n) is 3.54. The van der Waals surface area contributed by atoms with Gasteiger partial charge < -0.3 is 0 Å². The van der Waals surface area contributed by atoms with Gasteiger partial charge in [-0.1, -0.05) is 32.1 Å². The van der Waals surface area contributed by atoms with E-state index in [0.29, 0.717) is 5.69 Å². The number of rotatable bonds is 6. The minimum absolute atomic E-state index is 0.0266. The Morgan fingerprint density at radius 3 is 2.46 bits per heavy atom. The summed E-state index contributed by atoms with van der Waals surface area (Å²) in [4.78, 5) is 22.7. The summed E-state index contributed by atoms with van der Waals surface area (Å²) < 4.78 is 3.26. The zero-order valence-electron chi connectivity index (χ0n) is 13.8. The van der Waals surface area contributed by atoms with Crippen molar-refractivity contribution in [3.63, 3.8) is 0 Å². The van der Waals surface area contributed by atoms with Gasteiger partial charge in [0.25, 0.3) is 5.69 Å². The van der Waals surface area contributed by atoms with Crippen LogP contribution in [-0.2, 0) is 6.54 Å². The van der Waals surface area contributed by atoms with Crippen LogP contribution in [0, 0.1) is 16.0 Å². The molecule has 24 heavy (non-hydrogen) atoms. The van der Waals surface area contributed by atoms with Gasteiger partial charge in [-0.05, 0) is 30.9 Å². The average Bonchev–Trinajstić information content (AvgIpc) is 2.97. The molecule has 1 saturated carbocycles. The normalized spacial score (nSPS) is 15.5. The minimum Gasteiger partial charge on any atom is -0.299 e. The van der Waals surface area contributed by atoms with E-state index in [1.54, 1.807) is 29.1 Å². The number of benzene rings is 1. The molecule has 1 aromatic carbocycles. The molecule has 0 atom stereocenters. The van der Waals surface area contributed by atoms with Crippen molar-refractivity contribution in [2.24, 2.45) is 5.92 Å². The van der Waals surface area contributed by atoms with Gasteiger partial charge in [-0.15, -0.1) is 0 Å². The van der Waals surface area contributed by atoms with Crippen molar-refractivity contribution in [1.29, 1.82) is 0 Å². The van der Waals surface area contributed by atoms with E-state index in [1.807, 2.05) is 0 Å². The molecule has 0 spiro atoms. The first-order valence-corrected chi connectivity index (χ1v) is 8.68. The van der Waals surface area contributed by atoms with Crippen LogP contribution in [0.25, 0.3) is 5.69 Å². The van der Waals surface area contributed by atoms with E-state index in [1.165, 1.54) is 55.2 Å². The highest BCUT2D eigenvalue weighted by molar-refractivity contribution is 5.40. The summed E-state index contributed by atoms with van der Waals surface area (Å²) in [7, 11) is 0. The van der Waals surface area contributed by atoms with Crippen molar-refractivity contribution in [3.8, 4) is 5.69 Å². The second kappa shape index (κ2) is 7.47. The second-order valence-electron chi connectivity index (χ2n) is 6.56. The van der Waals surface area contributed by atoms with E-state index in [0.717, 1.165) is 18.9 Å². The third-order valence-electron chi connectivity index (χ3n) is 4.92. The highest BCUT2D eigenvalue weighted by Gasteiger charge is 2.13. The van der Waals surface area contributed by atoms with Gasteiger partial charge in [0.2, 0.25) is 0 Å². The van der Waals surface area contributed by atoms with Gasteiger partial charge in [-0.25, -0.2) is 4.79 Å². The molecule has 0 amide bonds. The van der Waals surface area contributed by atoms with Crippen molar-refractivity contribution in [2.45, 2.75) is 51.5 Å². The number of non-ortho nitro benzene ring substituents is 1. The summed E-state index contributed by atoms with van der Waals surface area (Å²) in [6.07, 6.45) is 12.5. The number of hydrogen-bond donors (Lipinski definition) is 0. The molecule has 1 aliphatic rings. The molecular formula is C18H23N3O3. The van der Waals surface area contributed by atoms with Crippen molar-refractivity contribution in [1.82, 2.24) is 9.13 Å². The van der Waals surface area contributed by atoms with E-state index in [4.69, 9.17) is 0 Å². The Hall–Kier alpha value is -2.37. The molecule has 0 saturated heterocycles. The van der Waals surface area contributed by atoms with Gasteiger partial charge >= 0.3 is 5.69 Å². The first kappa shape index (κ1) is 16.5. The minimum atomic E-state index is -0.441. The Morgan fingerprint density at radius 1 is 1.08 bits per heavy atom. The summed E-state index contributed by atoms with van der Waals surface area (Å²) in [6.45, 7) is 0.731. The van der Waals surface area contributed by atoms with Gasteiger partial charge in [0, 0.05) is 31.1 Å². The number of nitro benzene ring substituents is 1. The van der Waals surface area contributed by atoms with Crippen LogP contribution < -0.4 is 5.69 Å². The molecule has 0 unspecified atom stereocenters. The molecule has 3 rings (SSSR count). The quantitative estimate of drug-likeness (QED) is 0.596. The molecule has 6 heteroatoms. The lowest BCUT2D eigenvalue weighted by molar-refractivity contribution is -0.384. The van der Waals surface area contributed by atoms with Crippen LogP contribution in [0.4, 0.5) is 5.69 Å². The Balaban J connectivity index is 1.62. The molecule has 6 nitrogen and oxygen atoms in total. The maximum atomic E-state index is 12.5. The van der Waals surface area contributed by atoms with Crippen LogP contribution in [0.3, 0.4) is 0 Å². The third kappa shape index (κ3) is 3.75. The predicted octanol–water partition coefficient (Wildman–Crippen LogP) is 3.91. The summed E-state index contributed by atoms with van der Waals surface area (Å²) in [5, 5.41) is 10.7. The van der Waals surface area contributed by atoms with E-state index in [2.05, 4.69) is 0 Å². The van der Waals surface area contributed by atoms with Crippen molar-refractivity contribution in [2.75, 3.05) is 0 Å². The second-order valence-corrected chi connectivity index (χ2v) is 6.56. The average molecular weight is 329 g/mol. The predicted molar refractivity (Wildman–Crippen MR) is 92.5 cm³/mol. The Kier molecular flexibility index (Phi) is 5.13. The lowest BCUT2D eigenvalue weighted by Gasteiger charge is -2.21. The zero-order chi connectivity index (χ0) is 16.9. The van der Waals surface area contributed by atoms with Crippen molar-refractivity contribution in [3.05, 3.63) is 57.3 Å². The van der Waals surface area contributed by atoms with E-state index >= 15 is 0 Å². The standard InChI is InChI=1S/C18H23N3O3/c22-18-19(12-4-7-15-5-2-1-3-6-15)13-14-20(18)16-8-10-17(11-9-16)21(23)24/h8-11,13-15H,1-7,12H2. The summed E-state index contributed by atoms with van der Waals surface area (Å²) in [5.74, 6) is 0.825. The highest BCUT2D eigenvalue weighted by Crippen LogP contribution is 2.27. The molecule has 0 bridgehead atoms. The fourth-order valence-corrected chi connectivity index (χ4v) is 3.54. The SMILES string of the molecule is O=c1n(CCCC2CCCCC2)ccn1-c1ccc([N+](=O)[O-])cc1. The molecule has 2 aromatic rings. The Morgan fingerprint density at radius 2 is 1.79 bits per heavy atom. The van der Waals surface area contributed by atoms with Gasteiger partial charge in [0.05, 0.1) is 10.6 Å². The number of nitrogens with zero attached hydrogens (tertiary/aromatic N) is 3. The lowest BCUT2D eigenvalue weighted by atomic mass is 9.86. The van der Waals surface area contributed by atoms with Crippen LogP contribution in [0.1, 0.15) is 44.9 Å². The van der Waals surface area contributed by atoms with Gasteiger partial charge in [0.15, 0.2) is 0 Å². The van der Waals surface area contributed by atoms with Crippen LogP contribution >= 0.6 is 0 Å². The maximum absolute atomic E-state index is 12.5. The third-order valence-corrected chi connectivity index (χ3v) is 4.92. The topological polar surface area (TPSA) is 70.1 Å². The molecule has 0 aliphatic heterocycles. The van der Waals surface area contributed by atoms with Crippen molar-refractivity contribution < 1.29 is 4.92 Å². The van der Waals surface area contributed by atoms with E-state index < -0.39 is 4.92 Å². The number of hydrogen-bond acceptors (Lipinski definition) is 3. The molecule has 128 valence electrons. The summed E-state index contributed by atoms with van der Waals surface area (Å²) in [6, 6.07) is 6.04. The Labute approximate surface area is 140 Å². The van der Waals surface area contributed by atoms with Gasteiger partial charge in [-0.3, -0.25) is 19.2 Å². The number of aryl methyl sites for hydroxylation is 1. The zero-order valence-corrected chi connectivity index (χ0v) is 13.8. The summed E-state index contributed by atoms with van der Waals surface area (Å²) >= 11 is 0. The lowest BCUT2D eigenvalue weighted by Crippen LogP contribution is -2.23. The smallest absolute Gasteiger partial charge is 0.299 e. The largest absolute Gasteiger partial charge is 0.332 e. The molecule has 0 N–H and O–H groups in total. The molecule has 1 aliphatic carbocycles. The fraction of sp³-hybridized carbons (Fsp3) is 0.500. The molecule has 0 radical (unpaired) electrons. The molecule has 1 aromatic heterocycles. The number of aromatic nitrogens is 2. The van der Waals surface area contributed by atoms with E-state index in [-0.39, 0.29) is 11.4 Å². The highest BCUT2D eigenvalue weighted by atomic mass is 16.6. The van der Waals surface area contributed by atoms with Gasteiger partial charge in [0.1, 0.15) is 0 Å². The van der Waals surface area contributed by atoms with E-state index in [9.17, 15) is 14.9 Å². The van der Waals surface area contributed by atoms with Crippen LogP contribution in [0.2, 0.25) is 0 Å². The number of nitro groups is 1.